The molecular weight excluding hydrogens is 294 g/mol. The van der Waals surface area contributed by atoms with E-state index in [-0.39, 0.29) is 0 Å². The molecule has 0 unspecified atom stereocenters. The minimum Gasteiger partial charge on any atom is -0.386 e. The minimum absolute atomic E-state index is 0.813. The summed E-state index contributed by atoms with van der Waals surface area (Å²) in [6, 6.07) is 10.2. The maximum atomic E-state index is 10.5. The first kappa shape index (κ1) is 17.9. The fraction of sp³-hybridized carbons (Fsp3) is 0.227. The van der Waals surface area contributed by atoms with Crippen molar-refractivity contribution in [2.24, 2.45) is 0 Å². The van der Waals surface area contributed by atoms with Crippen molar-refractivity contribution in [1.29, 1.82) is 0 Å². The zero-order chi connectivity index (χ0) is 17.7. The lowest BCUT2D eigenvalue weighted by Gasteiger charge is -2.22. The van der Waals surface area contributed by atoms with Gasteiger partial charge in [-0.2, -0.15) is 0 Å². The van der Waals surface area contributed by atoms with Crippen molar-refractivity contribution >= 4 is 5.57 Å². The van der Waals surface area contributed by atoms with Crippen LogP contribution in [0.4, 0.5) is 0 Å². The van der Waals surface area contributed by atoms with Crippen LogP contribution in [0.5, 0.6) is 0 Å². The molecule has 1 aromatic carbocycles. The quantitative estimate of drug-likeness (QED) is 0.745. The van der Waals surface area contributed by atoms with Gasteiger partial charge in [-0.25, -0.2) is 0 Å². The predicted octanol–water partition coefficient (Wildman–Crippen LogP) is 5.43. The molecule has 1 aromatic heterocycles. The highest BCUT2D eigenvalue weighted by Gasteiger charge is 2.22. The van der Waals surface area contributed by atoms with E-state index in [1.807, 2.05) is 50.4 Å². The Kier molecular flexibility index (Phi) is 5.53. The summed E-state index contributed by atoms with van der Waals surface area (Å²) < 4.78 is 0. The second kappa shape index (κ2) is 7.41. The van der Waals surface area contributed by atoms with E-state index < -0.39 is 5.60 Å². The Bertz CT molecular complexity index is 792. The Morgan fingerprint density at radius 2 is 2.00 bits per heavy atom. The van der Waals surface area contributed by atoms with Crippen molar-refractivity contribution in [2.75, 3.05) is 0 Å². The van der Waals surface area contributed by atoms with Crippen molar-refractivity contribution in [1.82, 2.24) is 4.98 Å². The van der Waals surface area contributed by atoms with Gasteiger partial charge in [0, 0.05) is 17.3 Å². The number of allylic oxidation sites excluding steroid dienone is 5. The van der Waals surface area contributed by atoms with Gasteiger partial charge in [0.05, 0.1) is 11.3 Å². The fourth-order valence-electron chi connectivity index (χ4n) is 2.67. The van der Waals surface area contributed by atoms with Crippen molar-refractivity contribution in [3.05, 3.63) is 84.1 Å². The van der Waals surface area contributed by atoms with Gasteiger partial charge in [-0.3, -0.25) is 4.98 Å². The number of aromatic nitrogens is 1. The van der Waals surface area contributed by atoms with E-state index in [4.69, 9.17) is 0 Å². The molecule has 0 radical (unpaired) electrons. The first-order valence-corrected chi connectivity index (χ1v) is 8.12. The lowest BCUT2D eigenvalue weighted by atomic mass is 9.91. The predicted molar refractivity (Wildman–Crippen MR) is 103 cm³/mol. The van der Waals surface area contributed by atoms with Gasteiger partial charge in [0.15, 0.2) is 0 Å². The molecule has 2 heteroatoms. The molecule has 2 nitrogen and oxygen atoms in total. The Labute approximate surface area is 144 Å². The zero-order valence-electron chi connectivity index (χ0n) is 14.9. The molecule has 1 N–H and O–H groups in total. The van der Waals surface area contributed by atoms with Gasteiger partial charge in [-0.05, 0) is 56.5 Å². The molecule has 0 aliphatic carbocycles. The second-order valence-electron chi connectivity index (χ2n) is 6.41. The number of hydrogen-bond acceptors (Lipinski definition) is 2. The summed E-state index contributed by atoms with van der Waals surface area (Å²) in [4.78, 5) is 4.59. The molecule has 0 amide bonds. The SMILES string of the molecule is C=C/C=C(\C=C/C)c1cccc(-c2ncc(C)cc2C(C)(C)O)c1. The van der Waals surface area contributed by atoms with Gasteiger partial charge in [-0.1, -0.05) is 49.1 Å². The molecule has 24 heavy (non-hydrogen) atoms. The molecule has 0 saturated carbocycles. The van der Waals surface area contributed by atoms with Crippen LogP contribution in [0.1, 0.15) is 37.5 Å². The summed E-state index contributed by atoms with van der Waals surface area (Å²) in [5, 5.41) is 10.5. The van der Waals surface area contributed by atoms with E-state index in [9.17, 15) is 5.11 Å². The van der Waals surface area contributed by atoms with Crippen molar-refractivity contribution < 1.29 is 5.11 Å². The maximum Gasteiger partial charge on any atom is 0.0861 e. The van der Waals surface area contributed by atoms with Crippen molar-refractivity contribution in [3.8, 4) is 11.3 Å². The average molecular weight is 319 g/mol. The van der Waals surface area contributed by atoms with Crippen LogP contribution in [0.3, 0.4) is 0 Å². The molecule has 0 aliphatic heterocycles. The van der Waals surface area contributed by atoms with E-state index in [0.717, 1.165) is 33.5 Å². The highest BCUT2D eigenvalue weighted by atomic mass is 16.3. The number of hydrogen-bond donors (Lipinski definition) is 1. The monoisotopic (exact) mass is 319 g/mol. The Balaban J connectivity index is 2.62. The smallest absolute Gasteiger partial charge is 0.0861 e. The summed E-state index contributed by atoms with van der Waals surface area (Å²) in [6.45, 7) is 11.4. The molecule has 0 bridgehead atoms. The van der Waals surface area contributed by atoms with Crippen LogP contribution in [-0.2, 0) is 5.60 Å². The van der Waals surface area contributed by atoms with Crippen molar-refractivity contribution in [2.45, 2.75) is 33.3 Å². The van der Waals surface area contributed by atoms with Crippen LogP contribution in [-0.4, -0.2) is 10.1 Å². The summed E-state index contributed by atoms with van der Waals surface area (Å²) in [6.07, 6.45) is 9.67. The third kappa shape index (κ3) is 4.09. The van der Waals surface area contributed by atoms with Crippen LogP contribution in [0.2, 0.25) is 0 Å². The highest BCUT2D eigenvalue weighted by molar-refractivity contribution is 5.78. The highest BCUT2D eigenvalue weighted by Crippen LogP contribution is 2.32. The minimum atomic E-state index is -0.951. The summed E-state index contributed by atoms with van der Waals surface area (Å²) in [7, 11) is 0. The Morgan fingerprint density at radius 3 is 2.62 bits per heavy atom. The second-order valence-corrected chi connectivity index (χ2v) is 6.41. The first-order valence-electron chi connectivity index (χ1n) is 8.12. The topological polar surface area (TPSA) is 33.1 Å². The zero-order valence-corrected chi connectivity index (χ0v) is 14.9. The third-order valence-corrected chi connectivity index (χ3v) is 3.80. The van der Waals surface area contributed by atoms with Crippen LogP contribution in [0, 0.1) is 6.92 Å². The largest absolute Gasteiger partial charge is 0.386 e. The van der Waals surface area contributed by atoms with E-state index in [1.54, 1.807) is 19.9 Å². The van der Waals surface area contributed by atoms with Gasteiger partial charge >= 0.3 is 0 Å². The van der Waals surface area contributed by atoms with Gasteiger partial charge in [0.1, 0.15) is 0 Å². The Hall–Kier alpha value is -2.45. The normalized spacial score (nSPS) is 12.6. The summed E-state index contributed by atoms with van der Waals surface area (Å²) in [5.74, 6) is 0. The number of benzene rings is 1. The molecule has 0 atom stereocenters. The number of rotatable bonds is 5. The summed E-state index contributed by atoms with van der Waals surface area (Å²) >= 11 is 0. The number of nitrogens with zero attached hydrogens (tertiary/aromatic N) is 1. The van der Waals surface area contributed by atoms with E-state index in [1.165, 1.54) is 0 Å². The lowest BCUT2D eigenvalue weighted by Crippen LogP contribution is -2.17. The van der Waals surface area contributed by atoms with Crippen molar-refractivity contribution in [3.63, 3.8) is 0 Å². The van der Waals surface area contributed by atoms with Gasteiger partial charge < -0.3 is 5.11 Å². The average Bonchev–Trinajstić information content (AvgIpc) is 2.54. The molecule has 0 aliphatic rings. The standard InChI is InChI=1S/C22H25NO/c1-6-9-17(10-7-2)18-11-8-12-19(14-18)21-20(22(4,5)24)13-16(3)15-23-21/h6-15,24H,1H2,2-5H3/b10-7-,17-9+. The summed E-state index contributed by atoms with van der Waals surface area (Å²) in [5.41, 5.74) is 4.90. The van der Waals surface area contributed by atoms with Crippen LogP contribution in [0.25, 0.3) is 16.8 Å². The Morgan fingerprint density at radius 1 is 1.25 bits per heavy atom. The van der Waals surface area contributed by atoms with Gasteiger partial charge in [0.25, 0.3) is 0 Å². The molecule has 2 aromatic rings. The molecular formula is C22H25NO. The maximum absolute atomic E-state index is 10.5. The van der Waals surface area contributed by atoms with E-state index >= 15 is 0 Å². The molecule has 124 valence electrons. The number of aliphatic hydroxyl groups is 1. The molecule has 0 saturated heterocycles. The molecule has 0 fully saturated rings. The first-order chi connectivity index (χ1) is 11.4. The lowest BCUT2D eigenvalue weighted by molar-refractivity contribution is 0.0788. The molecule has 2 rings (SSSR count). The number of pyridine rings is 1. The number of aryl methyl sites for hydroxylation is 1. The van der Waals surface area contributed by atoms with Crippen LogP contribution >= 0.6 is 0 Å². The van der Waals surface area contributed by atoms with E-state index in [0.29, 0.717) is 0 Å². The van der Waals surface area contributed by atoms with E-state index in [2.05, 4.69) is 29.8 Å². The third-order valence-electron chi connectivity index (χ3n) is 3.80. The fourth-order valence-corrected chi connectivity index (χ4v) is 2.67. The molecule has 1 heterocycles. The van der Waals surface area contributed by atoms with Gasteiger partial charge in [-0.15, -0.1) is 0 Å². The van der Waals surface area contributed by atoms with Crippen LogP contribution < -0.4 is 0 Å². The van der Waals surface area contributed by atoms with Gasteiger partial charge in [0.2, 0.25) is 0 Å². The molecule has 0 spiro atoms. The van der Waals surface area contributed by atoms with Crippen LogP contribution in [0.15, 0.2) is 67.4 Å².